The van der Waals surface area contributed by atoms with Gasteiger partial charge in [0.15, 0.2) is 0 Å². The zero-order valence-corrected chi connectivity index (χ0v) is 11.9. The molecule has 3 nitrogen and oxygen atoms in total. The second-order valence-corrected chi connectivity index (χ2v) is 6.82. The zero-order chi connectivity index (χ0) is 12.8. The number of ether oxygens (including phenoxy) is 2. The fourth-order valence-electron chi connectivity index (χ4n) is 4.39. The van der Waals surface area contributed by atoms with E-state index in [0.717, 1.165) is 32.1 Å². The minimum atomic E-state index is 0.308. The molecule has 0 aromatic heterocycles. The van der Waals surface area contributed by atoms with Crippen LogP contribution in [0.3, 0.4) is 0 Å². The van der Waals surface area contributed by atoms with Gasteiger partial charge in [-0.1, -0.05) is 20.8 Å². The lowest BCUT2D eigenvalue weighted by atomic mass is 9.57. The van der Waals surface area contributed by atoms with Crippen LogP contribution in [0.4, 0.5) is 0 Å². The van der Waals surface area contributed by atoms with Crippen molar-refractivity contribution in [3.05, 3.63) is 0 Å². The van der Waals surface area contributed by atoms with Crippen molar-refractivity contribution in [3.8, 4) is 0 Å². The lowest BCUT2D eigenvalue weighted by Crippen LogP contribution is -2.66. The number of hydrogen-bond donors (Lipinski definition) is 1. The van der Waals surface area contributed by atoms with Gasteiger partial charge in [0.2, 0.25) is 0 Å². The van der Waals surface area contributed by atoms with E-state index in [1.807, 2.05) is 0 Å². The van der Waals surface area contributed by atoms with Crippen molar-refractivity contribution in [2.45, 2.75) is 58.3 Å². The molecule has 3 heteroatoms. The van der Waals surface area contributed by atoms with Crippen LogP contribution in [0, 0.1) is 17.3 Å². The van der Waals surface area contributed by atoms with Crippen molar-refractivity contribution >= 4 is 0 Å². The van der Waals surface area contributed by atoms with Gasteiger partial charge in [-0.3, -0.25) is 0 Å². The third kappa shape index (κ3) is 1.91. The van der Waals surface area contributed by atoms with Crippen molar-refractivity contribution < 1.29 is 9.47 Å². The van der Waals surface area contributed by atoms with Crippen LogP contribution in [0.2, 0.25) is 0 Å². The molecular weight excluding hydrogens is 226 g/mol. The summed E-state index contributed by atoms with van der Waals surface area (Å²) in [5.74, 6) is 1.47. The van der Waals surface area contributed by atoms with Gasteiger partial charge < -0.3 is 14.8 Å². The molecule has 0 amide bonds. The Kier molecular flexibility index (Phi) is 3.41. The summed E-state index contributed by atoms with van der Waals surface area (Å²) in [4.78, 5) is 0. The van der Waals surface area contributed by atoms with Gasteiger partial charge in [0.25, 0.3) is 0 Å². The summed E-state index contributed by atoms with van der Waals surface area (Å²) >= 11 is 0. The molecule has 1 saturated carbocycles. The van der Waals surface area contributed by atoms with Crippen molar-refractivity contribution in [3.63, 3.8) is 0 Å². The van der Waals surface area contributed by atoms with E-state index < -0.39 is 0 Å². The van der Waals surface area contributed by atoms with Crippen molar-refractivity contribution in [2.24, 2.45) is 17.3 Å². The topological polar surface area (TPSA) is 30.5 Å². The predicted molar refractivity (Wildman–Crippen MR) is 71.6 cm³/mol. The van der Waals surface area contributed by atoms with Crippen molar-refractivity contribution in [1.29, 1.82) is 0 Å². The van der Waals surface area contributed by atoms with Gasteiger partial charge in [0.1, 0.15) is 0 Å². The normalized spacial score (nSPS) is 45.8. The molecule has 2 heterocycles. The second kappa shape index (κ2) is 4.77. The highest BCUT2D eigenvalue weighted by Gasteiger charge is 2.59. The summed E-state index contributed by atoms with van der Waals surface area (Å²) < 4.78 is 11.6. The van der Waals surface area contributed by atoms with E-state index in [2.05, 4.69) is 26.1 Å². The van der Waals surface area contributed by atoms with Gasteiger partial charge in [0.05, 0.1) is 12.2 Å². The predicted octanol–water partition coefficient (Wildman–Crippen LogP) is 2.20. The van der Waals surface area contributed by atoms with Crippen LogP contribution in [-0.2, 0) is 9.47 Å². The van der Waals surface area contributed by atoms with Crippen LogP contribution in [0.5, 0.6) is 0 Å². The van der Waals surface area contributed by atoms with Crippen LogP contribution < -0.4 is 5.32 Å². The smallest absolute Gasteiger partial charge is 0.0685 e. The first kappa shape index (κ1) is 12.9. The number of rotatable bonds is 4. The molecule has 5 atom stereocenters. The molecule has 3 aliphatic rings. The van der Waals surface area contributed by atoms with Gasteiger partial charge in [0, 0.05) is 37.1 Å². The Morgan fingerprint density at radius 3 is 2.72 bits per heavy atom. The molecule has 3 fully saturated rings. The van der Waals surface area contributed by atoms with E-state index >= 15 is 0 Å². The zero-order valence-electron chi connectivity index (χ0n) is 11.9. The summed E-state index contributed by atoms with van der Waals surface area (Å²) in [5.41, 5.74) is 0.308. The van der Waals surface area contributed by atoms with Crippen molar-refractivity contribution in [2.75, 3.05) is 19.8 Å². The third-order valence-corrected chi connectivity index (χ3v) is 5.45. The summed E-state index contributed by atoms with van der Waals surface area (Å²) in [7, 11) is 0. The van der Waals surface area contributed by atoms with Gasteiger partial charge in [-0.25, -0.2) is 0 Å². The molecular formula is C15H27NO2. The highest BCUT2D eigenvalue weighted by Crippen LogP contribution is 2.52. The molecule has 18 heavy (non-hydrogen) atoms. The van der Waals surface area contributed by atoms with E-state index in [9.17, 15) is 0 Å². The Labute approximate surface area is 111 Å². The molecule has 0 bridgehead atoms. The Bertz CT molecular complexity index is 305. The molecule has 2 saturated heterocycles. The molecule has 0 radical (unpaired) electrons. The summed E-state index contributed by atoms with van der Waals surface area (Å²) in [6.45, 7) is 9.96. The Balaban J connectivity index is 1.54. The van der Waals surface area contributed by atoms with Crippen LogP contribution in [-0.4, -0.2) is 38.0 Å². The summed E-state index contributed by atoms with van der Waals surface area (Å²) in [5, 5.41) is 3.83. The Morgan fingerprint density at radius 1 is 1.17 bits per heavy atom. The van der Waals surface area contributed by atoms with E-state index in [-0.39, 0.29) is 0 Å². The largest absolute Gasteiger partial charge is 0.378 e. The Hall–Kier alpha value is -0.120. The van der Waals surface area contributed by atoms with Gasteiger partial charge in [-0.2, -0.15) is 0 Å². The maximum Gasteiger partial charge on any atom is 0.0685 e. The summed E-state index contributed by atoms with van der Waals surface area (Å²) in [6, 6.07) is 0.642. The van der Waals surface area contributed by atoms with Gasteiger partial charge >= 0.3 is 0 Å². The molecule has 1 aliphatic carbocycles. The number of hydrogen-bond acceptors (Lipinski definition) is 3. The first-order valence-corrected chi connectivity index (χ1v) is 7.61. The molecule has 2 aliphatic heterocycles. The molecule has 0 aromatic rings. The van der Waals surface area contributed by atoms with Gasteiger partial charge in [-0.15, -0.1) is 0 Å². The maximum atomic E-state index is 5.85. The molecule has 0 aromatic carbocycles. The third-order valence-electron chi connectivity index (χ3n) is 5.45. The highest BCUT2D eigenvalue weighted by atomic mass is 16.5. The molecule has 3 rings (SSSR count). The van der Waals surface area contributed by atoms with Crippen molar-refractivity contribution in [1.82, 2.24) is 5.32 Å². The first-order valence-electron chi connectivity index (χ1n) is 7.61. The van der Waals surface area contributed by atoms with E-state index in [1.54, 1.807) is 0 Å². The van der Waals surface area contributed by atoms with Crippen LogP contribution in [0.1, 0.15) is 40.0 Å². The number of fused-ring (bicyclic) bond motifs is 1. The monoisotopic (exact) mass is 253 g/mol. The average Bonchev–Trinajstić information content (AvgIpc) is 2.96. The molecule has 5 unspecified atom stereocenters. The first-order chi connectivity index (χ1) is 8.64. The molecule has 0 spiro atoms. The van der Waals surface area contributed by atoms with E-state index in [1.165, 1.54) is 12.8 Å². The number of nitrogens with one attached hydrogen (secondary N) is 1. The minimum Gasteiger partial charge on any atom is -0.378 e. The van der Waals surface area contributed by atoms with Crippen LogP contribution >= 0.6 is 0 Å². The van der Waals surface area contributed by atoms with Gasteiger partial charge in [-0.05, 0) is 25.2 Å². The summed E-state index contributed by atoms with van der Waals surface area (Å²) in [6.07, 6.45) is 4.59. The fraction of sp³-hybridized carbons (Fsp3) is 1.00. The lowest BCUT2D eigenvalue weighted by Gasteiger charge is -2.55. The molecule has 1 N–H and O–H groups in total. The standard InChI is InChI=1S/C15H27NO2/c1-4-12-10(5-7-17-12)9-16-13-11-6-8-18-14(11)15(13,2)3/h10-14,16H,4-9H2,1-3H3. The van der Waals surface area contributed by atoms with Crippen LogP contribution in [0.25, 0.3) is 0 Å². The minimum absolute atomic E-state index is 0.308. The average molecular weight is 253 g/mol. The van der Waals surface area contributed by atoms with E-state index in [0.29, 0.717) is 29.6 Å². The van der Waals surface area contributed by atoms with E-state index in [4.69, 9.17) is 9.47 Å². The SMILES string of the molecule is CCC1OCCC1CNC1C2CCOC2C1(C)C. The fourth-order valence-corrected chi connectivity index (χ4v) is 4.39. The second-order valence-electron chi connectivity index (χ2n) is 6.82. The Morgan fingerprint density at radius 2 is 1.94 bits per heavy atom. The highest BCUT2D eigenvalue weighted by molar-refractivity contribution is 5.11. The molecule has 104 valence electrons. The maximum absolute atomic E-state index is 5.85. The quantitative estimate of drug-likeness (QED) is 0.833. The van der Waals surface area contributed by atoms with Crippen LogP contribution in [0.15, 0.2) is 0 Å². The lowest BCUT2D eigenvalue weighted by molar-refractivity contribution is -0.113.